The summed E-state index contributed by atoms with van der Waals surface area (Å²) >= 11 is 0. The van der Waals surface area contributed by atoms with Gasteiger partial charge in [0.1, 0.15) is 0 Å². The van der Waals surface area contributed by atoms with Gasteiger partial charge < -0.3 is 11.1 Å². The van der Waals surface area contributed by atoms with E-state index in [0.717, 1.165) is 5.69 Å². The highest BCUT2D eigenvalue weighted by molar-refractivity contribution is 5.38. The number of anilines is 1. The van der Waals surface area contributed by atoms with Crippen molar-refractivity contribution in [1.29, 1.82) is 0 Å². The molecular weight excluding hydrogens is 228 g/mol. The minimum absolute atomic E-state index is 0.212. The molecule has 0 radical (unpaired) electrons. The summed E-state index contributed by atoms with van der Waals surface area (Å²) in [5.41, 5.74) is 6.58. The van der Waals surface area contributed by atoms with E-state index in [2.05, 4.69) is 34.7 Å². The third-order valence-electron chi connectivity index (χ3n) is 3.05. The molecule has 2 unspecified atom stereocenters. The summed E-state index contributed by atoms with van der Waals surface area (Å²) in [6.07, 6.45) is 0. The number of tetrazole rings is 1. The van der Waals surface area contributed by atoms with Gasteiger partial charge in [-0.05, 0) is 41.9 Å². The third kappa shape index (κ3) is 2.65. The largest absolute Gasteiger partial charge is 0.350 e. The molecule has 0 spiro atoms. The van der Waals surface area contributed by atoms with Crippen molar-refractivity contribution in [2.75, 3.05) is 11.9 Å². The summed E-state index contributed by atoms with van der Waals surface area (Å²) in [7, 11) is 0. The smallest absolute Gasteiger partial charge is 0.247 e. The third-order valence-corrected chi connectivity index (χ3v) is 3.05. The molecule has 0 bridgehead atoms. The molecule has 0 saturated heterocycles. The first-order valence-corrected chi connectivity index (χ1v) is 6.02. The lowest BCUT2D eigenvalue weighted by Crippen LogP contribution is -2.30. The van der Waals surface area contributed by atoms with Gasteiger partial charge in [0, 0.05) is 6.04 Å². The quantitative estimate of drug-likeness (QED) is 0.824. The van der Waals surface area contributed by atoms with Crippen molar-refractivity contribution in [2.24, 2.45) is 11.7 Å². The summed E-state index contributed by atoms with van der Waals surface area (Å²) in [4.78, 5) is 0. The van der Waals surface area contributed by atoms with E-state index in [1.807, 2.05) is 30.3 Å². The molecule has 0 amide bonds. The highest BCUT2D eigenvalue weighted by Crippen LogP contribution is 2.13. The summed E-state index contributed by atoms with van der Waals surface area (Å²) in [5, 5.41) is 15.0. The molecule has 18 heavy (non-hydrogen) atoms. The van der Waals surface area contributed by atoms with E-state index in [4.69, 9.17) is 5.73 Å². The van der Waals surface area contributed by atoms with Gasteiger partial charge in [-0.2, -0.15) is 4.68 Å². The Hall–Kier alpha value is -1.95. The molecule has 2 atom stereocenters. The van der Waals surface area contributed by atoms with Gasteiger partial charge in [-0.1, -0.05) is 30.2 Å². The van der Waals surface area contributed by atoms with Crippen LogP contribution in [0.15, 0.2) is 30.3 Å². The van der Waals surface area contributed by atoms with Crippen LogP contribution in [-0.2, 0) is 0 Å². The Morgan fingerprint density at radius 2 is 2.00 bits per heavy atom. The van der Waals surface area contributed by atoms with E-state index in [-0.39, 0.29) is 6.04 Å². The fraction of sp³-hybridized carbons (Fsp3) is 0.417. The second-order valence-electron chi connectivity index (χ2n) is 4.40. The Morgan fingerprint density at radius 3 is 2.67 bits per heavy atom. The van der Waals surface area contributed by atoms with Crippen LogP contribution in [0, 0.1) is 5.92 Å². The number of para-hydroxylation sites is 1. The Kier molecular flexibility index (Phi) is 3.88. The molecule has 6 nitrogen and oxygen atoms in total. The van der Waals surface area contributed by atoms with Crippen LogP contribution in [0.5, 0.6) is 0 Å². The first-order valence-electron chi connectivity index (χ1n) is 6.02. The summed E-state index contributed by atoms with van der Waals surface area (Å²) < 4.78 is 1.68. The summed E-state index contributed by atoms with van der Waals surface area (Å²) in [6, 6.07) is 9.99. The first kappa shape index (κ1) is 12.5. The predicted molar refractivity (Wildman–Crippen MR) is 70.5 cm³/mol. The monoisotopic (exact) mass is 246 g/mol. The SMILES string of the molecule is CC(CN)C(C)Nc1nnnn1-c1ccccc1. The van der Waals surface area contributed by atoms with Gasteiger partial charge in [0.2, 0.25) is 5.95 Å². The zero-order valence-corrected chi connectivity index (χ0v) is 10.6. The first-order chi connectivity index (χ1) is 8.72. The number of hydrogen-bond acceptors (Lipinski definition) is 5. The molecule has 1 heterocycles. The number of nitrogens with one attached hydrogen (secondary N) is 1. The van der Waals surface area contributed by atoms with E-state index in [1.54, 1.807) is 4.68 Å². The van der Waals surface area contributed by atoms with Gasteiger partial charge in [0.05, 0.1) is 5.69 Å². The Balaban J connectivity index is 2.19. The number of nitrogens with two attached hydrogens (primary N) is 1. The lowest BCUT2D eigenvalue weighted by Gasteiger charge is -2.19. The normalized spacial score (nSPS) is 14.2. The van der Waals surface area contributed by atoms with E-state index in [1.165, 1.54) is 0 Å². The number of benzene rings is 1. The van der Waals surface area contributed by atoms with Crippen LogP contribution >= 0.6 is 0 Å². The van der Waals surface area contributed by atoms with Crippen molar-refractivity contribution in [1.82, 2.24) is 20.2 Å². The fourth-order valence-corrected chi connectivity index (χ4v) is 1.57. The van der Waals surface area contributed by atoms with Crippen LogP contribution in [0.2, 0.25) is 0 Å². The second kappa shape index (κ2) is 5.59. The number of rotatable bonds is 5. The van der Waals surface area contributed by atoms with Gasteiger partial charge >= 0.3 is 0 Å². The van der Waals surface area contributed by atoms with Gasteiger partial charge in [0.25, 0.3) is 0 Å². The minimum atomic E-state index is 0.212. The number of hydrogen-bond donors (Lipinski definition) is 2. The second-order valence-corrected chi connectivity index (χ2v) is 4.40. The lowest BCUT2D eigenvalue weighted by atomic mass is 10.0. The van der Waals surface area contributed by atoms with E-state index in [0.29, 0.717) is 18.4 Å². The molecule has 2 rings (SSSR count). The topological polar surface area (TPSA) is 81.7 Å². The highest BCUT2D eigenvalue weighted by Gasteiger charge is 2.14. The van der Waals surface area contributed by atoms with Crippen LogP contribution in [-0.4, -0.2) is 32.8 Å². The number of nitrogens with zero attached hydrogens (tertiary/aromatic N) is 4. The Labute approximate surface area is 106 Å². The summed E-state index contributed by atoms with van der Waals surface area (Å²) in [6.45, 7) is 4.79. The van der Waals surface area contributed by atoms with Crippen molar-refractivity contribution in [2.45, 2.75) is 19.9 Å². The van der Waals surface area contributed by atoms with E-state index < -0.39 is 0 Å². The molecular formula is C12H18N6. The molecule has 0 aliphatic heterocycles. The fourth-order valence-electron chi connectivity index (χ4n) is 1.57. The molecule has 0 saturated carbocycles. The highest BCUT2D eigenvalue weighted by atomic mass is 15.6. The molecule has 0 fully saturated rings. The van der Waals surface area contributed by atoms with Crippen LogP contribution in [0.1, 0.15) is 13.8 Å². The van der Waals surface area contributed by atoms with Crippen molar-refractivity contribution < 1.29 is 0 Å². The van der Waals surface area contributed by atoms with Crippen LogP contribution < -0.4 is 11.1 Å². The average molecular weight is 246 g/mol. The Morgan fingerprint density at radius 1 is 1.28 bits per heavy atom. The van der Waals surface area contributed by atoms with E-state index in [9.17, 15) is 0 Å². The molecule has 0 aliphatic carbocycles. The maximum atomic E-state index is 5.65. The molecule has 6 heteroatoms. The molecule has 0 aliphatic rings. The zero-order chi connectivity index (χ0) is 13.0. The molecule has 2 aromatic rings. The van der Waals surface area contributed by atoms with E-state index >= 15 is 0 Å². The van der Waals surface area contributed by atoms with Crippen molar-refractivity contribution in [3.05, 3.63) is 30.3 Å². The van der Waals surface area contributed by atoms with Crippen molar-refractivity contribution >= 4 is 5.95 Å². The average Bonchev–Trinajstić information content (AvgIpc) is 2.86. The van der Waals surface area contributed by atoms with Gasteiger partial charge in [-0.25, -0.2) is 0 Å². The van der Waals surface area contributed by atoms with Crippen LogP contribution in [0.25, 0.3) is 5.69 Å². The maximum Gasteiger partial charge on any atom is 0.247 e. The number of aromatic nitrogens is 4. The summed E-state index contributed by atoms with van der Waals surface area (Å²) in [5.74, 6) is 0.986. The zero-order valence-electron chi connectivity index (χ0n) is 10.6. The van der Waals surface area contributed by atoms with Gasteiger partial charge in [-0.15, -0.1) is 0 Å². The lowest BCUT2D eigenvalue weighted by molar-refractivity contribution is 0.517. The Bertz CT molecular complexity index is 480. The minimum Gasteiger partial charge on any atom is -0.350 e. The predicted octanol–water partition coefficient (Wildman–Crippen LogP) is 1.06. The molecule has 96 valence electrons. The van der Waals surface area contributed by atoms with Gasteiger partial charge in [-0.3, -0.25) is 0 Å². The standard InChI is InChI=1S/C12H18N6/c1-9(8-13)10(2)14-12-15-16-17-18(12)11-6-4-3-5-7-11/h3-7,9-10H,8,13H2,1-2H3,(H,14,15,17). The van der Waals surface area contributed by atoms with Crippen LogP contribution in [0.4, 0.5) is 5.95 Å². The van der Waals surface area contributed by atoms with Gasteiger partial charge in [0.15, 0.2) is 0 Å². The van der Waals surface area contributed by atoms with Crippen molar-refractivity contribution in [3.8, 4) is 5.69 Å². The maximum absolute atomic E-state index is 5.65. The van der Waals surface area contributed by atoms with Crippen LogP contribution in [0.3, 0.4) is 0 Å². The van der Waals surface area contributed by atoms with Crippen molar-refractivity contribution in [3.63, 3.8) is 0 Å². The molecule has 1 aromatic heterocycles. The molecule has 1 aromatic carbocycles. The molecule has 3 N–H and O–H groups in total.